The summed E-state index contributed by atoms with van der Waals surface area (Å²) >= 11 is 0. The Morgan fingerprint density at radius 1 is 1.21 bits per heavy atom. The van der Waals surface area contributed by atoms with Gasteiger partial charge in [0, 0.05) is 44.1 Å². The van der Waals surface area contributed by atoms with E-state index in [1.807, 2.05) is 6.92 Å². The molecule has 0 aliphatic carbocycles. The van der Waals surface area contributed by atoms with Gasteiger partial charge in [0.2, 0.25) is 0 Å². The number of aliphatic hydroxyl groups excluding tert-OH is 1. The fraction of sp³-hybridized carbons (Fsp3) is 0.393. The predicted octanol–water partition coefficient (Wildman–Crippen LogP) is 2.61. The van der Waals surface area contributed by atoms with Crippen molar-refractivity contribution in [1.29, 1.82) is 0 Å². The fourth-order valence-corrected chi connectivity index (χ4v) is 5.66. The SMILES string of the molecule is COc1ccc(NC(=O)Nc2ccc3c(c2)C(=O)N([C@H](C)CO)C[C@H](C)[C@@H](CN(C)S(=O)(=O)c2cn(C)cn2)O3)cc1. The summed E-state index contributed by atoms with van der Waals surface area (Å²) in [5.74, 6) is 0.198. The van der Waals surface area contributed by atoms with Gasteiger partial charge in [-0.15, -0.1) is 0 Å². The summed E-state index contributed by atoms with van der Waals surface area (Å²) in [5, 5.41) is 15.3. The molecule has 14 heteroatoms. The highest BCUT2D eigenvalue weighted by Crippen LogP contribution is 2.31. The van der Waals surface area contributed by atoms with Gasteiger partial charge in [-0.25, -0.2) is 18.2 Å². The fourth-order valence-electron chi connectivity index (χ4n) is 4.52. The maximum Gasteiger partial charge on any atom is 0.323 e. The molecule has 0 bridgehead atoms. The number of nitrogens with one attached hydrogen (secondary N) is 2. The van der Waals surface area contributed by atoms with Gasteiger partial charge in [0.05, 0.1) is 38.2 Å². The van der Waals surface area contributed by atoms with E-state index < -0.39 is 28.2 Å². The van der Waals surface area contributed by atoms with Crippen molar-refractivity contribution < 1.29 is 32.6 Å². The van der Waals surface area contributed by atoms with Gasteiger partial charge in [0.1, 0.15) is 17.6 Å². The van der Waals surface area contributed by atoms with Crippen LogP contribution in [-0.2, 0) is 17.1 Å². The molecule has 1 aliphatic rings. The van der Waals surface area contributed by atoms with E-state index in [9.17, 15) is 23.1 Å². The van der Waals surface area contributed by atoms with Crippen LogP contribution >= 0.6 is 0 Å². The Kier molecular flexibility index (Phi) is 9.39. The van der Waals surface area contributed by atoms with E-state index in [1.54, 1.807) is 62.0 Å². The summed E-state index contributed by atoms with van der Waals surface area (Å²) < 4.78 is 40.4. The second kappa shape index (κ2) is 12.8. The van der Waals surface area contributed by atoms with Gasteiger partial charge in [-0.3, -0.25) is 4.79 Å². The molecule has 0 radical (unpaired) electrons. The average Bonchev–Trinajstić information content (AvgIpc) is 3.42. The zero-order valence-electron chi connectivity index (χ0n) is 24.1. The van der Waals surface area contributed by atoms with Gasteiger partial charge in [0.25, 0.3) is 15.9 Å². The molecule has 2 aromatic carbocycles. The number of anilines is 2. The number of aromatic nitrogens is 2. The molecular weight excluding hydrogens is 564 g/mol. The first-order chi connectivity index (χ1) is 19.9. The summed E-state index contributed by atoms with van der Waals surface area (Å²) in [4.78, 5) is 31.9. The molecule has 0 unspecified atom stereocenters. The molecule has 0 fully saturated rings. The number of hydrogen-bond acceptors (Lipinski definition) is 8. The first-order valence-electron chi connectivity index (χ1n) is 13.3. The summed E-state index contributed by atoms with van der Waals surface area (Å²) in [7, 11) is 0.790. The highest BCUT2D eigenvalue weighted by Gasteiger charge is 2.35. The van der Waals surface area contributed by atoms with Crippen LogP contribution in [0, 0.1) is 5.92 Å². The number of ether oxygens (including phenoxy) is 2. The second-order valence-electron chi connectivity index (χ2n) is 10.3. The van der Waals surface area contributed by atoms with Crippen molar-refractivity contribution in [3.63, 3.8) is 0 Å². The van der Waals surface area contributed by atoms with E-state index in [-0.39, 0.29) is 47.9 Å². The third-order valence-electron chi connectivity index (χ3n) is 7.06. The van der Waals surface area contributed by atoms with Crippen LogP contribution in [0.4, 0.5) is 16.2 Å². The van der Waals surface area contributed by atoms with Crippen LogP contribution < -0.4 is 20.1 Å². The number of likely N-dealkylation sites (N-methyl/N-ethyl adjacent to an activating group) is 1. The molecule has 42 heavy (non-hydrogen) atoms. The van der Waals surface area contributed by atoms with Crippen molar-refractivity contribution in [2.24, 2.45) is 13.0 Å². The number of sulfonamides is 1. The van der Waals surface area contributed by atoms with Crippen LogP contribution in [0.25, 0.3) is 0 Å². The largest absolute Gasteiger partial charge is 0.497 e. The van der Waals surface area contributed by atoms with Gasteiger partial charge in [-0.2, -0.15) is 4.31 Å². The monoisotopic (exact) mass is 600 g/mol. The van der Waals surface area contributed by atoms with Crippen molar-refractivity contribution >= 4 is 33.3 Å². The molecule has 4 rings (SSSR count). The first kappa shape index (κ1) is 30.8. The Morgan fingerprint density at radius 2 is 1.88 bits per heavy atom. The standard InChI is InChI=1S/C28H36N6O7S/c1-18-13-34(19(2)16-35)27(36)23-12-21(31-28(37)30-20-6-9-22(40-5)10-7-20)8-11-24(23)41-25(18)14-33(4)42(38,39)26-15-32(3)17-29-26/h6-12,15,17-19,25,35H,13-14,16H2,1-5H3,(H2,30,31,37)/t18-,19+,25+/m0/s1. The molecule has 3 atom stereocenters. The van der Waals surface area contributed by atoms with E-state index in [2.05, 4.69) is 15.6 Å². The Morgan fingerprint density at radius 3 is 2.50 bits per heavy atom. The van der Waals surface area contributed by atoms with Crippen LogP contribution in [0.15, 0.2) is 60.0 Å². The molecule has 3 amide bonds. The highest BCUT2D eigenvalue weighted by molar-refractivity contribution is 7.89. The Balaban J connectivity index is 1.59. The van der Waals surface area contributed by atoms with Gasteiger partial charge < -0.3 is 34.7 Å². The number of rotatable bonds is 9. The first-order valence-corrected chi connectivity index (χ1v) is 14.8. The van der Waals surface area contributed by atoms with E-state index in [1.165, 1.54) is 34.8 Å². The number of amides is 3. The molecule has 0 saturated carbocycles. The van der Waals surface area contributed by atoms with Gasteiger partial charge in [0.15, 0.2) is 5.03 Å². The normalized spacial score (nSPS) is 18.0. The molecular formula is C28H36N6O7S. The zero-order chi connectivity index (χ0) is 30.6. The summed E-state index contributed by atoms with van der Waals surface area (Å²) in [5.41, 5.74) is 1.06. The molecule has 1 aliphatic heterocycles. The lowest BCUT2D eigenvalue weighted by molar-refractivity contribution is 0.0387. The molecule has 3 aromatic rings. The number of urea groups is 1. The number of methoxy groups -OCH3 is 1. The summed E-state index contributed by atoms with van der Waals surface area (Å²) in [6.07, 6.45) is 2.19. The lowest BCUT2D eigenvalue weighted by Crippen LogP contribution is -2.50. The number of benzene rings is 2. The average molecular weight is 601 g/mol. The van der Waals surface area contributed by atoms with E-state index in [0.717, 1.165) is 0 Å². The predicted molar refractivity (Wildman–Crippen MR) is 156 cm³/mol. The second-order valence-corrected chi connectivity index (χ2v) is 12.3. The number of aryl methyl sites for hydroxylation is 1. The molecule has 0 spiro atoms. The lowest BCUT2D eigenvalue weighted by Gasteiger charge is -2.38. The van der Waals surface area contributed by atoms with E-state index in [4.69, 9.17) is 9.47 Å². The van der Waals surface area contributed by atoms with Crippen LogP contribution in [0.3, 0.4) is 0 Å². The molecule has 0 saturated heterocycles. The summed E-state index contributed by atoms with van der Waals surface area (Å²) in [6, 6.07) is 10.4. The van der Waals surface area contributed by atoms with Crippen LogP contribution in [0.5, 0.6) is 11.5 Å². The minimum Gasteiger partial charge on any atom is -0.497 e. The number of imidazole rings is 1. The topological polar surface area (TPSA) is 155 Å². The smallest absolute Gasteiger partial charge is 0.323 e. The number of hydrogen-bond donors (Lipinski definition) is 3. The Bertz CT molecular complexity index is 1530. The quantitative estimate of drug-likeness (QED) is 0.339. The Hall–Kier alpha value is -4.14. The molecule has 3 N–H and O–H groups in total. The zero-order valence-corrected chi connectivity index (χ0v) is 25.0. The minimum absolute atomic E-state index is 0.0146. The van der Waals surface area contributed by atoms with Crippen molar-refractivity contribution in [1.82, 2.24) is 18.8 Å². The number of carbonyl (C=O) groups excluding carboxylic acids is 2. The number of fused-ring (bicyclic) bond motifs is 1. The Labute approximate surface area is 245 Å². The van der Waals surface area contributed by atoms with Crippen molar-refractivity contribution in [2.75, 3.05) is 44.5 Å². The van der Waals surface area contributed by atoms with Crippen molar-refractivity contribution in [3.8, 4) is 11.5 Å². The number of carbonyl (C=O) groups is 2. The summed E-state index contributed by atoms with van der Waals surface area (Å²) in [6.45, 7) is 3.51. The maximum absolute atomic E-state index is 13.7. The van der Waals surface area contributed by atoms with E-state index >= 15 is 0 Å². The molecule has 13 nitrogen and oxygen atoms in total. The van der Waals surface area contributed by atoms with E-state index in [0.29, 0.717) is 17.1 Å². The van der Waals surface area contributed by atoms with Crippen LogP contribution in [0.2, 0.25) is 0 Å². The van der Waals surface area contributed by atoms with Crippen LogP contribution in [0.1, 0.15) is 24.2 Å². The molecule has 2 heterocycles. The van der Waals surface area contributed by atoms with Crippen molar-refractivity contribution in [2.45, 2.75) is 31.0 Å². The minimum atomic E-state index is -3.90. The van der Waals surface area contributed by atoms with Gasteiger partial charge in [-0.1, -0.05) is 6.92 Å². The number of nitrogens with zero attached hydrogens (tertiary/aromatic N) is 4. The van der Waals surface area contributed by atoms with Gasteiger partial charge in [-0.05, 0) is 49.4 Å². The number of aliphatic hydroxyl groups is 1. The maximum atomic E-state index is 13.7. The molecule has 226 valence electrons. The van der Waals surface area contributed by atoms with Crippen LogP contribution in [-0.4, -0.2) is 90.2 Å². The van der Waals surface area contributed by atoms with Crippen molar-refractivity contribution in [3.05, 3.63) is 60.6 Å². The molecule has 1 aromatic heterocycles. The third kappa shape index (κ3) is 6.83. The lowest BCUT2D eigenvalue weighted by atomic mass is 9.99. The highest BCUT2D eigenvalue weighted by atomic mass is 32.2. The van der Waals surface area contributed by atoms with Gasteiger partial charge >= 0.3 is 6.03 Å². The third-order valence-corrected chi connectivity index (χ3v) is 8.77.